The minimum absolute atomic E-state index is 0.000470. The van der Waals surface area contributed by atoms with E-state index in [1.54, 1.807) is 6.07 Å². The van der Waals surface area contributed by atoms with Gasteiger partial charge < -0.3 is 10.3 Å². The Morgan fingerprint density at radius 3 is 2.80 bits per heavy atom. The van der Waals surface area contributed by atoms with Crippen LogP contribution in [-0.2, 0) is 6.42 Å². The Kier molecular flexibility index (Phi) is 3.70. The largest absolute Gasteiger partial charge is 0.326 e. The molecule has 0 saturated carbocycles. The minimum atomic E-state index is 0.000470. The highest BCUT2D eigenvalue weighted by atomic mass is 16.1. The number of H-pyrrole nitrogens is 1. The number of pyridine rings is 1. The van der Waals surface area contributed by atoms with Crippen molar-refractivity contribution < 1.29 is 0 Å². The number of aromatic amines is 1. The van der Waals surface area contributed by atoms with Crippen molar-refractivity contribution in [3.05, 3.63) is 69.6 Å². The molecule has 1 aliphatic carbocycles. The van der Waals surface area contributed by atoms with E-state index in [9.17, 15) is 4.79 Å². The third kappa shape index (κ3) is 2.68. The van der Waals surface area contributed by atoms with Gasteiger partial charge in [-0.05, 0) is 37.3 Å². The number of aromatic nitrogens is 1. The molecule has 1 aliphatic rings. The molecule has 0 radical (unpaired) electrons. The quantitative estimate of drug-likeness (QED) is 0.898. The van der Waals surface area contributed by atoms with Gasteiger partial charge in [-0.2, -0.15) is 0 Å². The molecular weight excluding hydrogens is 248 g/mol. The number of fused-ring (bicyclic) bond motifs is 1. The van der Waals surface area contributed by atoms with E-state index in [4.69, 9.17) is 0 Å². The first-order valence-electron chi connectivity index (χ1n) is 7.27. The van der Waals surface area contributed by atoms with Gasteiger partial charge in [0.05, 0.1) is 0 Å². The number of nitrogens with one attached hydrogen (secondary N) is 2. The van der Waals surface area contributed by atoms with Gasteiger partial charge in [0.15, 0.2) is 0 Å². The van der Waals surface area contributed by atoms with Gasteiger partial charge in [0.25, 0.3) is 0 Å². The summed E-state index contributed by atoms with van der Waals surface area (Å²) < 4.78 is 0. The lowest BCUT2D eigenvalue weighted by atomic mass is 9.90. The number of hydrogen-bond donors (Lipinski definition) is 2. The van der Waals surface area contributed by atoms with Gasteiger partial charge in [-0.15, -0.1) is 0 Å². The first-order chi connectivity index (χ1) is 9.74. The highest BCUT2D eigenvalue weighted by Crippen LogP contribution is 2.29. The van der Waals surface area contributed by atoms with Crippen molar-refractivity contribution in [1.29, 1.82) is 0 Å². The van der Waals surface area contributed by atoms with Crippen molar-refractivity contribution in [2.45, 2.75) is 38.3 Å². The molecule has 0 aliphatic heterocycles. The van der Waals surface area contributed by atoms with Crippen molar-refractivity contribution in [3.63, 3.8) is 0 Å². The fraction of sp³-hybridized carbons (Fsp3) is 0.353. The fourth-order valence-corrected chi connectivity index (χ4v) is 3.01. The van der Waals surface area contributed by atoms with Crippen molar-refractivity contribution in [3.8, 4) is 0 Å². The Labute approximate surface area is 119 Å². The molecule has 1 unspecified atom stereocenters. The zero-order valence-corrected chi connectivity index (χ0v) is 11.7. The molecule has 3 heteroatoms. The van der Waals surface area contributed by atoms with Crippen molar-refractivity contribution >= 4 is 0 Å². The zero-order chi connectivity index (χ0) is 13.9. The topological polar surface area (TPSA) is 44.9 Å². The summed E-state index contributed by atoms with van der Waals surface area (Å²) in [5.41, 5.74) is 3.64. The number of benzene rings is 1. The molecule has 1 heterocycles. The highest BCUT2D eigenvalue weighted by Gasteiger charge is 2.22. The second kappa shape index (κ2) is 5.63. The fourth-order valence-electron chi connectivity index (χ4n) is 3.01. The maximum absolute atomic E-state index is 11.4. The molecule has 0 saturated heterocycles. The van der Waals surface area contributed by atoms with Gasteiger partial charge >= 0.3 is 0 Å². The molecule has 1 aromatic carbocycles. The van der Waals surface area contributed by atoms with Crippen LogP contribution in [0.25, 0.3) is 0 Å². The first kappa shape index (κ1) is 13.1. The minimum Gasteiger partial charge on any atom is -0.326 e. The SMILES string of the molecule is C[C@@H](NC1CCCc2[nH]c(=O)ccc21)c1ccccc1. The van der Waals surface area contributed by atoms with Gasteiger partial charge in [0, 0.05) is 23.8 Å². The highest BCUT2D eigenvalue weighted by molar-refractivity contribution is 5.27. The van der Waals surface area contributed by atoms with E-state index in [-0.39, 0.29) is 5.56 Å². The predicted octanol–water partition coefficient (Wildman–Crippen LogP) is 3.10. The van der Waals surface area contributed by atoms with Crippen LogP contribution < -0.4 is 10.9 Å². The number of hydrogen-bond acceptors (Lipinski definition) is 2. The van der Waals surface area contributed by atoms with Gasteiger partial charge in [-0.1, -0.05) is 36.4 Å². The van der Waals surface area contributed by atoms with Crippen molar-refractivity contribution in [2.75, 3.05) is 0 Å². The summed E-state index contributed by atoms with van der Waals surface area (Å²) >= 11 is 0. The molecule has 2 N–H and O–H groups in total. The van der Waals surface area contributed by atoms with Crippen LogP contribution in [0.3, 0.4) is 0 Å². The van der Waals surface area contributed by atoms with E-state index >= 15 is 0 Å². The summed E-state index contributed by atoms with van der Waals surface area (Å²) in [4.78, 5) is 14.4. The molecule has 0 bridgehead atoms. The standard InChI is InChI=1S/C17H20N2O/c1-12(13-6-3-2-4-7-13)18-15-8-5-9-16-14(15)10-11-17(20)19-16/h2-4,6-7,10-12,15,18H,5,8-9H2,1H3,(H,19,20)/t12-,15?/m1/s1. The van der Waals surface area contributed by atoms with E-state index in [0.717, 1.165) is 25.0 Å². The number of rotatable bonds is 3. The average molecular weight is 268 g/mol. The lowest BCUT2D eigenvalue weighted by Gasteiger charge is -2.29. The summed E-state index contributed by atoms with van der Waals surface area (Å²) in [7, 11) is 0. The van der Waals surface area contributed by atoms with Crippen LogP contribution in [0.5, 0.6) is 0 Å². The van der Waals surface area contributed by atoms with Crippen LogP contribution in [0.4, 0.5) is 0 Å². The van der Waals surface area contributed by atoms with Gasteiger partial charge in [0.1, 0.15) is 0 Å². The molecule has 2 aromatic rings. The normalized spacial score (nSPS) is 19.4. The van der Waals surface area contributed by atoms with Crippen LogP contribution >= 0.6 is 0 Å². The molecular formula is C17H20N2O. The average Bonchev–Trinajstić information content (AvgIpc) is 2.48. The molecule has 2 atom stereocenters. The van der Waals surface area contributed by atoms with Crippen LogP contribution in [-0.4, -0.2) is 4.98 Å². The summed E-state index contributed by atoms with van der Waals surface area (Å²) in [5.74, 6) is 0. The summed E-state index contributed by atoms with van der Waals surface area (Å²) in [5, 5.41) is 3.69. The van der Waals surface area contributed by atoms with Gasteiger partial charge in [-0.25, -0.2) is 0 Å². The molecule has 3 rings (SSSR count). The second-order valence-electron chi connectivity index (χ2n) is 5.50. The molecule has 0 spiro atoms. The lowest BCUT2D eigenvalue weighted by Crippen LogP contribution is -2.29. The molecule has 0 fully saturated rings. The van der Waals surface area contributed by atoms with Crippen LogP contribution in [0.1, 0.15) is 48.7 Å². The van der Waals surface area contributed by atoms with E-state index in [2.05, 4.69) is 41.5 Å². The summed E-state index contributed by atoms with van der Waals surface area (Å²) in [6, 6.07) is 14.7. The Balaban J connectivity index is 1.81. The Morgan fingerprint density at radius 2 is 2.00 bits per heavy atom. The molecule has 0 amide bonds. The van der Waals surface area contributed by atoms with Gasteiger partial charge in [-0.3, -0.25) is 4.79 Å². The maximum Gasteiger partial charge on any atom is 0.248 e. The first-order valence-corrected chi connectivity index (χ1v) is 7.27. The predicted molar refractivity (Wildman–Crippen MR) is 80.7 cm³/mol. The van der Waals surface area contributed by atoms with Crippen LogP contribution in [0.15, 0.2) is 47.3 Å². The number of aryl methyl sites for hydroxylation is 1. The van der Waals surface area contributed by atoms with Gasteiger partial charge in [0.2, 0.25) is 5.56 Å². The zero-order valence-electron chi connectivity index (χ0n) is 11.7. The summed E-state index contributed by atoms with van der Waals surface area (Å²) in [6.07, 6.45) is 3.21. The molecule has 1 aromatic heterocycles. The molecule has 104 valence electrons. The Hall–Kier alpha value is -1.87. The van der Waals surface area contributed by atoms with E-state index in [0.29, 0.717) is 12.1 Å². The van der Waals surface area contributed by atoms with Crippen molar-refractivity contribution in [1.82, 2.24) is 10.3 Å². The van der Waals surface area contributed by atoms with Crippen LogP contribution in [0.2, 0.25) is 0 Å². The molecule has 3 nitrogen and oxygen atoms in total. The second-order valence-corrected chi connectivity index (χ2v) is 5.50. The maximum atomic E-state index is 11.4. The monoisotopic (exact) mass is 268 g/mol. The Bertz CT molecular complexity index is 633. The van der Waals surface area contributed by atoms with E-state index in [1.165, 1.54) is 11.1 Å². The van der Waals surface area contributed by atoms with E-state index < -0.39 is 0 Å². The van der Waals surface area contributed by atoms with Crippen LogP contribution in [0, 0.1) is 0 Å². The van der Waals surface area contributed by atoms with E-state index in [1.807, 2.05) is 12.1 Å². The summed E-state index contributed by atoms with van der Waals surface area (Å²) in [6.45, 7) is 2.19. The third-order valence-electron chi connectivity index (χ3n) is 4.08. The Morgan fingerprint density at radius 1 is 1.20 bits per heavy atom. The third-order valence-corrected chi connectivity index (χ3v) is 4.08. The lowest BCUT2D eigenvalue weighted by molar-refractivity contribution is 0.411. The van der Waals surface area contributed by atoms with Crippen molar-refractivity contribution in [2.24, 2.45) is 0 Å². The smallest absolute Gasteiger partial charge is 0.248 e. The molecule has 20 heavy (non-hydrogen) atoms.